The number of carbonyl (C=O) groups is 2. The third-order valence-electron chi connectivity index (χ3n) is 4.38. The molecule has 1 saturated heterocycles. The molecule has 0 unspecified atom stereocenters. The van der Waals surface area contributed by atoms with Crippen LogP contribution in [0.15, 0.2) is 30.3 Å². The second-order valence-electron chi connectivity index (χ2n) is 7.85. The predicted molar refractivity (Wildman–Crippen MR) is 97.1 cm³/mol. The third kappa shape index (κ3) is 6.08. The molecule has 1 aliphatic heterocycles. The molecule has 0 atom stereocenters. The second-order valence-corrected chi connectivity index (χ2v) is 7.85. The minimum Gasteiger partial charge on any atom is -0.340 e. The summed E-state index contributed by atoms with van der Waals surface area (Å²) in [6.07, 6.45) is 2.08. The molecule has 2 rings (SSSR count). The van der Waals surface area contributed by atoms with Crippen molar-refractivity contribution in [3.05, 3.63) is 35.9 Å². The van der Waals surface area contributed by atoms with Crippen molar-refractivity contribution >= 4 is 11.7 Å². The Balaban J connectivity index is 1.66. The van der Waals surface area contributed by atoms with E-state index in [1.54, 1.807) is 0 Å². The number of carbonyl (C=O) groups excluding carboxylic acids is 2. The average Bonchev–Trinajstić information content (AvgIpc) is 2.54. The Kier molecular flexibility index (Phi) is 6.55. The van der Waals surface area contributed by atoms with Crippen LogP contribution >= 0.6 is 0 Å². The summed E-state index contributed by atoms with van der Waals surface area (Å²) in [5.74, 6) is 0.482. The molecule has 1 aromatic rings. The highest BCUT2D eigenvalue weighted by molar-refractivity contribution is 5.95. The van der Waals surface area contributed by atoms with Crippen molar-refractivity contribution in [3.63, 3.8) is 0 Å². The van der Waals surface area contributed by atoms with Gasteiger partial charge in [-0.15, -0.1) is 0 Å². The van der Waals surface area contributed by atoms with Crippen molar-refractivity contribution in [2.45, 2.75) is 40.0 Å². The smallest absolute Gasteiger partial charge is 0.223 e. The molecule has 0 saturated carbocycles. The van der Waals surface area contributed by atoms with Crippen molar-refractivity contribution < 1.29 is 9.59 Å². The first-order valence-electron chi connectivity index (χ1n) is 8.93. The molecular formula is C20H30N2O2. The Morgan fingerprint density at radius 2 is 1.62 bits per heavy atom. The van der Waals surface area contributed by atoms with E-state index in [4.69, 9.17) is 0 Å². The van der Waals surface area contributed by atoms with Gasteiger partial charge >= 0.3 is 0 Å². The van der Waals surface area contributed by atoms with Gasteiger partial charge in [-0.2, -0.15) is 0 Å². The number of ketones is 1. The lowest BCUT2D eigenvalue weighted by Crippen LogP contribution is -2.49. The highest BCUT2D eigenvalue weighted by Crippen LogP contribution is 2.20. The Bertz CT molecular complexity index is 541. The summed E-state index contributed by atoms with van der Waals surface area (Å²) in [5, 5.41) is 0. The number of benzene rings is 1. The minimum absolute atomic E-state index is 0.0476. The molecule has 0 aromatic heterocycles. The summed E-state index contributed by atoms with van der Waals surface area (Å²) >= 11 is 0. The van der Waals surface area contributed by atoms with Crippen LogP contribution < -0.4 is 0 Å². The van der Waals surface area contributed by atoms with E-state index in [9.17, 15) is 9.59 Å². The summed E-state index contributed by atoms with van der Waals surface area (Å²) in [6, 6.07) is 9.49. The number of amides is 1. The van der Waals surface area contributed by atoms with Gasteiger partial charge in [0.2, 0.25) is 5.91 Å². The van der Waals surface area contributed by atoms with Gasteiger partial charge in [0.15, 0.2) is 5.78 Å². The molecule has 1 aliphatic rings. The van der Waals surface area contributed by atoms with Gasteiger partial charge in [-0.3, -0.25) is 14.5 Å². The quantitative estimate of drug-likeness (QED) is 0.752. The van der Waals surface area contributed by atoms with Gasteiger partial charge in [0.05, 0.1) is 0 Å². The van der Waals surface area contributed by atoms with Crippen LogP contribution in [0.1, 0.15) is 50.4 Å². The maximum Gasteiger partial charge on any atom is 0.223 e. The summed E-state index contributed by atoms with van der Waals surface area (Å²) in [5.41, 5.74) is 0.849. The number of hydrogen-bond acceptors (Lipinski definition) is 3. The normalized spacial score (nSPS) is 16.2. The number of nitrogens with zero attached hydrogens (tertiary/aromatic N) is 2. The lowest BCUT2D eigenvalue weighted by molar-refractivity contribution is -0.134. The van der Waals surface area contributed by atoms with E-state index in [-0.39, 0.29) is 17.1 Å². The van der Waals surface area contributed by atoms with Crippen LogP contribution in [0.3, 0.4) is 0 Å². The van der Waals surface area contributed by atoms with Crippen LogP contribution in [0.5, 0.6) is 0 Å². The fraction of sp³-hybridized carbons (Fsp3) is 0.600. The van der Waals surface area contributed by atoms with Crippen molar-refractivity contribution in [2.24, 2.45) is 5.41 Å². The van der Waals surface area contributed by atoms with Crippen molar-refractivity contribution in [2.75, 3.05) is 32.7 Å². The Labute approximate surface area is 145 Å². The van der Waals surface area contributed by atoms with Crippen molar-refractivity contribution in [3.8, 4) is 0 Å². The number of rotatable bonds is 6. The molecule has 1 aromatic carbocycles. The van der Waals surface area contributed by atoms with Crippen molar-refractivity contribution in [1.29, 1.82) is 0 Å². The van der Waals surface area contributed by atoms with Crippen LogP contribution in [0.25, 0.3) is 0 Å². The second kappa shape index (κ2) is 8.43. The molecule has 1 amide bonds. The fourth-order valence-electron chi connectivity index (χ4n) is 3.02. The van der Waals surface area contributed by atoms with Gasteiger partial charge in [0, 0.05) is 44.6 Å². The number of piperazine rings is 1. The zero-order valence-corrected chi connectivity index (χ0v) is 15.3. The summed E-state index contributed by atoms with van der Waals surface area (Å²) in [4.78, 5) is 28.7. The third-order valence-corrected chi connectivity index (χ3v) is 4.38. The highest BCUT2D eigenvalue weighted by Gasteiger charge is 2.24. The lowest BCUT2D eigenvalue weighted by atomic mass is 9.91. The molecule has 0 spiro atoms. The molecule has 4 heteroatoms. The zero-order valence-electron chi connectivity index (χ0n) is 15.3. The number of hydrogen-bond donors (Lipinski definition) is 0. The van der Waals surface area contributed by atoms with E-state index in [0.29, 0.717) is 12.8 Å². The monoisotopic (exact) mass is 330 g/mol. The van der Waals surface area contributed by atoms with Gasteiger partial charge < -0.3 is 4.90 Å². The van der Waals surface area contributed by atoms with Crippen LogP contribution in [0.2, 0.25) is 0 Å². The summed E-state index contributed by atoms with van der Waals surface area (Å²) in [7, 11) is 0. The molecule has 0 N–H and O–H groups in total. The SMILES string of the molecule is CC(C)(C)CC(=O)N1CCN(CCCC(=O)c2ccccc2)CC1. The molecule has 4 nitrogen and oxygen atoms in total. The average molecular weight is 330 g/mol. The molecule has 0 bridgehead atoms. The van der Waals surface area contributed by atoms with E-state index < -0.39 is 0 Å². The van der Waals surface area contributed by atoms with Gasteiger partial charge in [0.25, 0.3) is 0 Å². The maximum atomic E-state index is 12.2. The first-order chi connectivity index (χ1) is 11.3. The molecule has 1 fully saturated rings. The van der Waals surface area contributed by atoms with Gasteiger partial charge in [-0.05, 0) is 18.4 Å². The van der Waals surface area contributed by atoms with Gasteiger partial charge in [0.1, 0.15) is 0 Å². The standard InChI is InChI=1S/C20H30N2O2/c1-20(2,3)16-19(24)22-14-12-21(13-15-22)11-7-10-18(23)17-8-5-4-6-9-17/h4-6,8-9H,7,10-16H2,1-3H3. The van der Waals surface area contributed by atoms with Gasteiger partial charge in [-0.25, -0.2) is 0 Å². The molecule has 24 heavy (non-hydrogen) atoms. The maximum absolute atomic E-state index is 12.2. The largest absolute Gasteiger partial charge is 0.340 e. The van der Waals surface area contributed by atoms with Crippen LogP contribution in [0.4, 0.5) is 0 Å². The summed E-state index contributed by atoms with van der Waals surface area (Å²) in [6.45, 7) is 10.7. The minimum atomic E-state index is 0.0476. The number of Topliss-reactive ketones (excluding diaryl/α,β-unsaturated/α-hetero) is 1. The van der Waals surface area contributed by atoms with E-state index in [1.165, 1.54) is 0 Å². The van der Waals surface area contributed by atoms with Gasteiger partial charge in [-0.1, -0.05) is 51.1 Å². The lowest BCUT2D eigenvalue weighted by Gasteiger charge is -2.36. The first-order valence-corrected chi connectivity index (χ1v) is 8.93. The Morgan fingerprint density at radius 3 is 2.21 bits per heavy atom. The molecular weight excluding hydrogens is 300 g/mol. The highest BCUT2D eigenvalue weighted by atomic mass is 16.2. The molecule has 0 aliphatic carbocycles. The van der Waals surface area contributed by atoms with Crippen LogP contribution in [0, 0.1) is 5.41 Å². The molecule has 132 valence electrons. The van der Waals surface area contributed by atoms with E-state index in [0.717, 1.165) is 44.7 Å². The van der Waals surface area contributed by atoms with Crippen molar-refractivity contribution in [1.82, 2.24) is 9.80 Å². The van der Waals surface area contributed by atoms with E-state index in [1.807, 2.05) is 35.2 Å². The van der Waals surface area contributed by atoms with E-state index >= 15 is 0 Å². The zero-order chi connectivity index (χ0) is 17.6. The fourth-order valence-corrected chi connectivity index (χ4v) is 3.02. The molecule has 1 heterocycles. The topological polar surface area (TPSA) is 40.6 Å². The predicted octanol–water partition coefficient (Wildman–Crippen LogP) is 3.23. The van der Waals surface area contributed by atoms with Crippen LogP contribution in [-0.4, -0.2) is 54.2 Å². The van der Waals surface area contributed by atoms with Crippen LogP contribution in [-0.2, 0) is 4.79 Å². The molecule has 0 radical (unpaired) electrons. The first kappa shape index (κ1) is 18.7. The Hall–Kier alpha value is -1.68. The Morgan fingerprint density at radius 1 is 1.00 bits per heavy atom. The summed E-state index contributed by atoms with van der Waals surface area (Å²) < 4.78 is 0. The van der Waals surface area contributed by atoms with E-state index in [2.05, 4.69) is 25.7 Å².